The number of hydrogen-bond donors (Lipinski definition) is 1. The molecule has 1 aromatic rings. The Morgan fingerprint density at radius 1 is 1.48 bits per heavy atom. The number of amides is 1. The van der Waals surface area contributed by atoms with Gasteiger partial charge in [0.15, 0.2) is 11.5 Å². The van der Waals surface area contributed by atoms with E-state index in [1.807, 2.05) is 26.8 Å². The van der Waals surface area contributed by atoms with Crippen LogP contribution in [0, 0.1) is 11.3 Å². The molecule has 0 bridgehead atoms. The Bertz CT molecular complexity index is 571. The Hall–Kier alpha value is -2.48. The molecule has 21 heavy (non-hydrogen) atoms. The van der Waals surface area contributed by atoms with Crippen LogP contribution in [0.1, 0.15) is 26.3 Å². The zero-order valence-electron chi connectivity index (χ0n) is 12.8. The third-order valence-corrected chi connectivity index (χ3v) is 2.60. The van der Waals surface area contributed by atoms with E-state index in [0.717, 1.165) is 0 Å². The number of hydrogen-bond acceptors (Lipinski definition) is 4. The molecular formula is C16H20N2O3. The number of carbonyl (C=O) groups is 1. The highest BCUT2D eigenvalue weighted by Gasteiger charge is 2.14. The van der Waals surface area contributed by atoms with Crippen molar-refractivity contribution in [3.63, 3.8) is 0 Å². The van der Waals surface area contributed by atoms with Gasteiger partial charge in [-0.3, -0.25) is 4.79 Å². The monoisotopic (exact) mass is 288 g/mol. The lowest BCUT2D eigenvalue weighted by atomic mass is 10.1. The third kappa shape index (κ3) is 4.53. The van der Waals surface area contributed by atoms with E-state index in [2.05, 4.69) is 5.32 Å². The molecule has 0 spiro atoms. The quantitative estimate of drug-likeness (QED) is 0.645. The van der Waals surface area contributed by atoms with E-state index in [1.54, 1.807) is 25.3 Å². The van der Waals surface area contributed by atoms with Crippen LogP contribution in [-0.2, 0) is 4.79 Å². The van der Waals surface area contributed by atoms with Crippen LogP contribution in [0.15, 0.2) is 23.8 Å². The van der Waals surface area contributed by atoms with Crippen LogP contribution in [0.5, 0.6) is 11.5 Å². The van der Waals surface area contributed by atoms with Crippen LogP contribution in [0.3, 0.4) is 0 Å². The zero-order chi connectivity index (χ0) is 15.8. The van der Waals surface area contributed by atoms with E-state index in [-0.39, 0.29) is 11.6 Å². The molecule has 112 valence electrons. The van der Waals surface area contributed by atoms with E-state index >= 15 is 0 Å². The van der Waals surface area contributed by atoms with Crippen LogP contribution in [0.4, 0.5) is 0 Å². The summed E-state index contributed by atoms with van der Waals surface area (Å²) < 4.78 is 10.8. The summed E-state index contributed by atoms with van der Waals surface area (Å²) in [5, 5.41) is 11.9. The van der Waals surface area contributed by atoms with Crippen molar-refractivity contribution in [2.45, 2.75) is 26.8 Å². The fraction of sp³-hybridized carbons (Fsp3) is 0.375. The summed E-state index contributed by atoms with van der Waals surface area (Å²) in [5.41, 5.74) is 0.657. The first-order chi connectivity index (χ1) is 10.0. The Morgan fingerprint density at radius 2 is 2.19 bits per heavy atom. The highest BCUT2D eigenvalue weighted by Crippen LogP contribution is 2.32. The minimum absolute atomic E-state index is 0.0258. The minimum Gasteiger partial charge on any atom is -0.493 e. The first kappa shape index (κ1) is 16.6. The second-order valence-electron chi connectivity index (χ2n) is 4.61. The fourth-order valence-electron chi connectivity index (χ4n) is 1.75. The van der Waals surface area contributed by atoms with Gasteiger partial charge < -0.3 is 14.8 Å². The van der Waals surface area contributed by atoms with E-state index in [9.17, 15) is 4.79 Å². The lowest BCUT2D eigenvalue weighted by molar-refractivity contribution is -0.117. The molecule has 0 unspecified atom stereocenters. The molecule has 0 fully saturated rings. The number of nitrogens with zero attached hydrogens (tertiary/aromatic N) is 1. The highest BCUT2D eigenvalue weighted by atomic mass is 16.5. The van der Waals surface area contributed by atoms with Crippen molar-refractivity contribution in [3.8, 4) is 17.6 Å². The Kier molecular flexibility index (Phi) is 6.28. The molecule has 5 heteroatoms. The van der Waals surface area contributed by atoms with Crippen molar-refractivity contribution in [1.82, 2.24) is 5.32 Å². The maximum atomic E-state index is 11.9. The molecule has 0 saturated heterocycles. The molecule has 0 atom stereocenters. The van der Waals surface area contributed by atoms with E-state index < -0.39 is 5.91 Å². The van der Waals surface area contributed by atoms with E-state index in [0.29, 0.717) is 23.7 Å². The first-order valence-corrected chi connectivity index (χ1v) is 6.75. The van der Waals surface area contributed by atoms with Gasteiger partial charge in [-0.15, -0.1) is 0 Å². The number of nitrogens with one attached hydrogen (secondary N) is 1. The molecule has 0 heterocycles. The number of methoxy groups -OCH3 is 1. The van der Waals surface area contributed by atoms with Gasteiger partial charge >= 0.3 is 0 Å². The maximum Gasteiger partial charge on any atom is 0.262 e. The van der Waals surface area contributed by atoms with Gasteiger partial charge in [-0.1, -0.05) is 12.1 Å². The summed E-state index contributed by atoms with van der Waals surface area (Å²) in [7, 11) is 1.54. The standard InChI is InChI=1S/C16H20N2O3/c1-5-21-15-12(7-6-8-14(15)20-4)9-13(10-17)16(19)18-11(2)3/h6-9,11H,5H2,1-4H3,(H,18,19)/b13-9-. The van der Waals surface area contributed by atoms with E-state index in [4.69, 9.17) is 14.7 Å². The number of carbonyl (C=O) groups excluding carboxylic acids is 1. The molecule has 0 aromatic heterocycles. The number of nitriles is 1. The summed E-state index contributed by atoms with van der Waals surface area (Å²) in [6.07, 6.45) is 1.51. The Balaban J connectivity index is 3.22. The summed E-state index contributed by atoms with van der Waals surface area (Å²) in [4.78, 5) is 11.9. The van der Waals surface area contributed by atoms with Crippen molar-refractivity contribution in [1.29, 1.82) is 5.26 Å². The molecule has 5 nitrogen and oxygen atoms in total. The zero-order valence-corrected chi connectivity index (χ0v) is 12.8. The lowest BCUT2D eigenvalue weighted by Gasteiger charge is -2.12. The fourth-order valence-corrected chi connectivity index (χ4v) is 1.75. The number of para-hydroxylation sites is 1. The second-order valence-corrected chi connectivity index (χ2v) is 4.61. The van der Waals surface area contributed by atoms with Crippen LogP contribution in [0.2, 0.25) is 0 Å². The minimum atomic E-state index is -0.405. The molecule has 0 aliphatic rings. The van der Waals surface area contributed by atoms with Crippen LogP contribution >= 0.6 is 0 Å². The summed E-state index contributed by atoms with van der Waals surface area (Å²) >= 11 is 0. The lowest BCUT2D eigenvalue weighted by Crippen LogP contribution is -2.30. The van der Waals surface area contributed by atoms with Gasteiger partial charge in [0.05, 0.1) is 13.7 Å². The van der Waals surface area contributed by atoms with Crippen molar-refractivity contribution in [2.24, 2.45) is 0 Å². The maximum absolute atomic E-state index is 11.9. The molecule has 0 aliphatic carbocycles. The van der Waals surface area contributed by atoms with E-state index in [1.165, 1.54) is 6.08 Å². The van der Waals surface area contributed by atoms with Gasteiger partial charge in [-0.2, -0.15) is 5.26 Å². The third-order valence-electron chi connectivity index (χ3n) is 2.60. The molecule has 1 aromatic carbocycles. The van der Waals surface area contributed by atoms with Gasteiger partial charge in [-0.25, -0.2) is 0 Å². The van der Waals surface area contributed by atoms with Crippen LogP contribution in [0.25, 0.3) is 6.08 Å². The van der Waals surface area contributed by atoms with Gasteiger partial charge in [0.25, 0.3) is 5.91 Å². The molecule has 1 N–H and O–H groups in total. The molecular weight excluding hydrogens is 268 g/mol. The van der Waals surface area contributed by atoms with Crippen molar-refractivity contribution in [2.75, 3.05) is 13.7 Å². The van der Waals surface area contributed by atoms with Crippen molar-refractivity contribution < 1.29 is 14.3 Å². The summed E-state index contributed by atoms with van der Waals surface area (Å²) in [5.74, 6) is 0.678. The SMILES string of the molecule is CCOc1c(/C=C(/C#N)C(=O)NC(C)C)cccc1OC. The highest BCUT2D eigenvalue weighted by molar-refractivity contribution is 6.02. The largest absolute Gasteiger partial charge is 0.493 e. The Morgan fingerprint density at radius 3 is 2.71 bits per heavy atom. The van der Waals surface area contributed by atoms with Gasteiger partial charge in [0, 0.05) is 11.6 Å². The number of ether oxygens (including phenoxy) is 2. The van der Waals surface area contributed by atoms with Gasteiger partial charge in [-0.05, 0) is 32.9 Å². The number of benzene rings is 1. The van der Waals surface area contributed by atoms with Crippen molar-refractivity contribution in [3.05, 3.63) is 29.3 Å². The molecule has 1 amide bonds. The predicted octanol–water partition coefficient (Wildman–Crippen LogP) is 2.53. The first-order valence-electron chi connectivity index (χ1n) is 6.75. The molecule has 0 radical (unpaired) electrons. The predicted molar refractivity (Wildman–Crippen MR) is 81.0 cm³/mol. The average Bonchev–Trinajstić information content (AvgIpc) is 2.45. The normalized spacial score (nSPS) is 11.0. The second kappa shape index (κ2) is 7.95. The topological polar surface area (TPSA) is 71.3 Å². The van der Waals surface area contributed by atoms with Crippen molar-refractivity contribution >= 4 is 12.0 Å². The summed E-state index contributed by atoms with van der Waals surface area (Å²) in [6, 6.07) is 7.20. The summed E-state index contributed by atoms with van der Waals surface area (Å²) in [6.45, 7) is 5.99. The van der Waals surface area contributed by atoms with Crippen LogP contribution < -0.4 is 14.8 Å². The molecule has 1 rings (SSSR count). The average molecular weight is 288 g/mol. The smallest absolute Gasteiger partial charge is 0.262 e. The van der Waals surface area contributed by atoms with Gasteiger partial charge in [0.1, 0.15) is 11.6 Å². The van der Waals surface area contributed by atoms with Gasteiger partial charge in [0.2, 0.25) is 0 Å². The molecule has 0 aliphatic heterocycles. The van der Waals surface area contributed by atoms with Crippen LogP contribution in [-0.4, -0.2) is 25.7 Å². The Labute approximate surface area is 125 Å². The number of rotatable bonds is 6. The molecule has 0 saturated carbocycles.